The van der Waals surface area contributed by atoms with Gasteiger partial charge in [0.05, 0.1) is 9.81 Å². The lowest BCUT2D eigenvalue weighted by molar-refractivity contribution is 0.615. The number of hydrogen-bond donors (Lipinski definition) is 0. The molecule has 0 spiro atoms. The Labute approximate surface area is 112 Å². The molecule has 0 atom stereocenters. The van der Waals surface area contributed by atoms with Crippen molar-refractivity contribution in [3.63, 3.8) is 0 Å². The van der Waals surface area contributed by atoms with Crippen molar-refractivity contribution < 1.29 is 8.42 Å². The number of hydrogen-bond acceptors (Lipinski definition) is 2. The lowest BCUT2D eigenvalue weighted by Gasteiger charge is -2.07. The first-order valence-corrected chi connectivity index (χ1v) is 7.46. The van der Waals surface area contributed by atoms with Gasteiger partial charge >= 0.3 is 0 Å². The van der Waals surface area contributed by atoms with E-state index in [4.69, 9.17) is 0 Å². The molecule has 2 aromatic carbocycles. The minimum absolute atomic E-state index is 0.368. The molecular formula is C16H12O2S. The van der Waals surface area contributed by atoms with Crippen LogP contribution in [0.1, 0.15) is 11.1 Å². The SMILES string of the molecule is O=S1(=O)C(c2ccccc2)=CC=C1c1ccccc1. The highest BCUT2D eigenvalue weighted by Crippen LogP contribution is 2.37. The fraction of sp³-hybridized carbons (Fsp3) is 0. The van der Waals surface area contributed by atoms with Crippen LogP contribution in [0.3, 0.4) is 0 Å². The van der Waals surface area contributed by atoms with Gasteiger partial charge in [-0.05, 0) is 23.3 Å². The van der Waals surface area contributed by atoms with E-state index in [-0.39, 0.29) is 0 Å². The Kier molecular flexibility index (Phi) is 2.84. The Morgan fingerprint density at radius 1 is 0.579 bits per heavy atom. The molecule has 0 N–H and O–H groups in total. The van der Waals surface area contributed by atoms with Crippen molar-refractivity contribution >= 4 is 19.6 Å². The molecule has 2 nitrogen and oxygen atoms in total. The van der Waals surface area contributed by atoms with E-state index in [1.165, 1.54) is 0 Å². The van der Waals surface area contributed by atoms with Gasteiger partial charge in [-0.15, -0.1) is 0 Å². The van der Waals surface area contributed by atoms with Crippen molar-refractivity contribution in [3.05, 3.63) is 83.9 Å². The maximum absolute atomic E-state index is 12.6. The van der Waals surface area contributed by atoms with Gasteiger partial charge < -0.3 is 0 Å². The topological polar surface area (TPSA) is 34.1 Å². The van der Waals surface area contributed by atoms with E-state index < -0.39 is 9.84 Å². The Bertz CT molecular complexity index is 693. The molecule has 0 aliphatic carbocycles. The second-order valence-electron chi connectivity index (χ2n) is 4.30. The highest BCUT2D eigenvalue weighted by atomic mass is 32.2. The molecule has 0 unspecified atom stereocenters. The van der Waals surface area contributed by atoms with Crippen LogP contribution in [0.4, 0.5) is 0 Å². The van der Waals surface area contributed by atoms with E-state index in [2.05, 4.69) is 0 Å². The standard InChI is InChI=1S/C16H12O2S/c17-19(18)15(13-7-3-1-4-8-13)11-12-16(19)14-9-5-2-6-10-14/h1-12H. The maximum Gasteiger partial charge on any atom is 0.207 e. The Hall–Kier alpha value is -2.13. The van der Waals surface area contributed by atoms with E-state index in [1.807, 2.05) is 60.7 Å². The molecule has 19 heavy (non-hydrogen) atoms. The Morgan fingerprint density at radius 2 is 0.947 bits per heavy atom. The van der Waals surface area contributed by atoms with Crippen LogP contribution in [0.15, 0.2) is 72.8 Å². The van der Waals surface area contributed by atoms with Gasteiger partial charge in [0, 0.05) is 0 Å². The summed E-state index contributed by atoms with van der Waals surface area (Å²) in [6.07, 6.45) is 3.35. The number of allylic oxidation sites excluding steroid dienone is 2. The molecule has 0 aromatic heterocycles. The van der Waals surface area contributed by atoms with Crippen molar-refractivity contribution in [3.8, 4) is 0 Å². The molecule has 0 saturated heterocycles. The van der Waals surface area contributed by atoms with Crippen LogP contribution in [0, 0.1) is 0 Å². The highest BCUT2D eigenvalue weighted by Gasteiger charge is 2.29. The van der Waals surface area contributed by atoms with E-state index in [1.54, 1.807) is 12.2 Å². The van der Waals surface area contributed by atoms with Crippen LogP contribution < -0.4 is 0 Å². The average molecular weight is 268 g/mol. The second kappa shape index (κ2) is 4.52. The van der Waals surface area contributed by atoms with Gasteiger partial charge in [-0.1, -0.05) is 60.7 Å². The van der Waals surface area contributed by atoms with Crippen LogP contribution in [-0.2, 0) is 9.84 Å². The van der Waals surface area contributed by atoms with E-state index in [0.29, 0.717) is 9.81 Å². The summed E-state index contributed by atoms with van der Waals surface area (Å²) in [5.74, 6) is 0. The third-order valence-corrected chi connectivity index (χ3v) is 4.98. The lowest BCUT2D eigenvalue weighted by atomic mass is 10.2. The molecule has 0 fully saturated rings. The molecule has 94 valence electrons. The van der Waals surface area contributed by atoms with Gasteiger partial charge in [-0.25, -0.2) is 8.42 Å². The highest BCUT2D eigenvalue weighted by molar-refractivity contribution is 8.09. The maximum atomic E-state index is 12.6. The molecule has 0 bridgehead atoms. The first-order valence-electron chi connectivity index (χ1n) is 5.97. The molecule has 2 aromatic rings. The fourth-order valence-corrected chi connectivity index (χ4v) is 3.78. The van der Waals surface area contributed by atoms with Crippen LogP contribution in [-0.4, -0.2) is 8.42 Å². The molecule has 0 radical (unpaired) electrons. The largest absolute Gasteiger partial charge is 0.218 e. The normalized spacial score (nSPS) is 16.8. The minimum Gasteiger partial charge on any atom is -0.218 e. The van der Waals surface area contributed by atoms with Gasteiger partial charge in [0.1, 0.15) is 0 Å². The molecule has 1 aliphatic heterocycles. The summed E-state index contributed by atoms with van der Waals surface area (Å²) in [6, 6.07) is 18.3. The molecule has 3 heteroatoms. The number of sulfone groups is 1. The van der Waals surface area contributed by atoms with Crippen LogP contribution in [0.2, 0.25) is 0 Å². The molecule has 3 rings (SSSR count). The minimum atomic E-state index is -3.41. The van der Waals surface area contributed by atoms with Gasteiger partial charge in [-0.2, -0.15) is 0 Å². The molecule has 0 amide bonds. The van der Waals surface area contributed by atoms with Gasteiger partial charge in [0.2, 0.25) is 9.84 Å². The smallest absolute Gasteiger partial charge is 0.207 e. The summed E-state index contributed by atoms with van der Waals surface area (Å²) in [4.78, 5) is 0.735. The van der Waals surface area contributed by atoms with E-state index in [9.17, 15) is 8.42 Å². The zero-order chi connectivity index (χ0) is 13.3. The predicted molar refractivity (Wildman–Crippen MR) is 77.8 cm³/mol. The molecule has 1 heterocycles. The Balaban J connectivity index is 2.05. The van der Waals surface area contributed by atoms with E-state index >= 15 is 0 Å². The lowest BCUT2D eigenvalue weighted by Crippen LogP contribution is -2.02. The zero-order valence-electron chi connectivity index (χ0n) is 10.2. The first kappa shape index (κ1) is 11.9. The van der Waals surface area contributed by atoms with Gasteiger partial charge in [-0.3, -0.25) is 0 Å². The summed E-state index contributed by atoms with van der Waals surface area (Å²) in [5.41, 5.74) is 1.45. The summed E-state index contributed by atoms with van der Waals surface area (Å²) in [7, 11) is -3.41. The van der Waals surface area contributed by atoms with Crippen molar-refractivity contribution in [1.29, 1.82) is 0 Å². The third-order valence-electron chi connectivity index (χ3n) is 3.08. The van der Waals surface area contributed by atoms with Crippen LogP contribution in [0.25, 0.3) is 9.81 Å². The fourth-order valence-electron chi connectivity index (χ4n) is 2.16. The average Bonchev–Trinajstić information content (AvgIpc) is 2.76. The number of benzene rings is 2. The monoisotopic (exact) mass is 268 g/mol. The van der Waals surface area contributed by atoms with Crippen molar-refractivity contribution in [2.45, 2.75) is 0 Å². The summed E-state index contributed by atoms with van der Waals surface area (Å²) in [5, 5.41) is 0. The van der Waals surface area contributed by atoms with Crippen LogP contribution in [0.5, 0.6) is 0 Å². The molecular weight excluding hydrogens is 256 g/mol. The first-order chi connectivity index (χ1) is 9.19. The predicted octanol–water partition coefficient (Wildman–Crippen LogP) is 3.50. The molecule has 0 saturated carbocycles. The molecule has 1 aliphatic rings. The second-order valence-corrected chi connectivity index (χ2v) is 6.18. The quantitative estimate of drug-likeness (QED) is 0.835. The van der Waals surface area contributed by atoms with Crippen molar-refractivity contribution in [2.75, 3.05) is 0 Å². The van der Waals surface area contributed by atoms with Crippen LogP contribution >= 0.6 is 0 Å². The Morgan fingerprint density at radius 3 is 1.32 bits per heavy atom. The summed E-state index contributed by atoms with van der Waals surface area (Å²) < 4.78 is 25.1. The van der Waals surface area contributed by atoms with E-state index in [0.717, 1.165) is 11.1 Å². The number of rotatable bonds is 2. The van der Waals surface area contributed by atoms with Crippen molar-refractivity contribution in [1.82, 2.24) is 0 Å². The third kappa shape index (κ3) is 2.02. The van der Waals surface area contributed by atoms with Gasteiger partial charge in [0.25, 0.3) is 0 Å². The van der Waals surface area contributed by atoms with Crippen molar-refractivity contribution in [2.24, 2.45) is 0 Å². The summed E-state index contributed by atoms with van der Waals surface area (Å²) in [6.45, 7) is 0. The van der Waals surface area contributed by atoms with Gasteiger partial charge in [0.15, 0.2) is 0 Å². The summed E-state index contributed by atoms with van der Waals surface area (Å²) >= 11 is 0. The zero-order valence-corrected chi connectivity index (χ0v) is 11.0.